The summed E-state index contributed by atoms with van der Waals surface area (Å²) in [7, 11) is 0. The van der Waals surface area contributed by atoms with Gasteiger partial charge < -0.3 is 31.5 Å². The highest BCUT2D eigenvalue weighted by Gasteiger charge is 2.44. The Hall–Kier alpha value is -3.98. The molecule has 0 unspecified atom stereocenters. The number of thioether (sulfide) groups is 1. The number of fused-ring (bicyclic) bond motifs is 1. The van der Waals surface area contributed by atoms with E-state index in [2.05, 4.69) is 31.6 Å². The lowest BCUT2D eigenvalue weighted by atomic mass is 10.0. The van der Waals surface area contributed by atoms with Crippen molar-refractivity contribution >= 4 is 58.5 Å². The number of thiazole rings is 1. The van der Waals surface area contributed by atoms with Crippen molar-refractivity contribution in [2.75, 3.05) is 18.6 Å². The Morgan fingerprint density at radius 2 is 1.73 bits per heavy atom. The van der Waals surface area contributed by atoms with Crippen molar-refractivity contribution in [3.63, 3.8) is 0 Å². The summed E-state index contributed by atoms with van der Waals surface area (Å²) in [6.45, 7) is 8.67. The van der Waals surface area contributed by atoms with E-state index < -0.39 is 65.8 Å². The van der Waals surface area contributed by atoms with Crippen LogP contribution in [-0.4, -0.2) is 94.1 Å². The van der Waals surface area contributed by atoms with Crippen LogP contribution in [0.1, 0.15) is 72.0 Å². The minimum atomic E-state index is -1.02. The lowest BCUT2D eigenvalue weighted by Crippen LogP contribution is -2.59. The van der Waals surface area contributed by atoms with Gasteiger partial charge in [-0.2, -0.15) is 11.8 Å². The van der Waals surface area contributed by atoms with Gasteiger partial charge in [-0.1, -0.05) is 44.2 Å². The van der Waals surface area contributed by atoms with E-state index in [4.69, 9.17) is 0 Å². The van der Waals surface area contributed by atoms with Crippen molar-refractivity contribution in [3.05, 3.63) is 51.5 Å². The maximum atomic E-state index is 14.2. The zero-order valence-corrected chi connectivity index (χ0v) is 29.8. The summed E-state index contributed by atoms with van der Waals surface area (Å²) in [6.07, 6.45) is 2.16. The Morgan fingerprint density at radius 3 is 2.35 bits per heavy atom. The van der Waals surface area contributed by atoms with Crippen molar-refractivity contribution in [3.8, 4) is 0 Å². The Balaban J connectivity index is 1.68. The van der Waals surface area contributed by atoms with Gasteiger partial charge in [0, 0.05) is 12.6 Å². The number of amides is 6. The molecule has 0 radical (unpaired) electrons. The van der Waals surface area contributed by atoms with E-state index in [1.807, 2.05) is 19.2 Å². The van der Waals surface area contributed by atoms with Crippen molar-refractivity contribution in [1.82, 2.24) is 36.5 Å². The molecule has 5 N–H and O–H groups in total. The maximum absolute atomic E-state index is 14.2. The maximum Gasteiger partial charge on any atom is 0.263 e. The van der Waals surface area contributed by atoms with Gasteiger partial charge in [0.1, 0.15) is 29.0 Å². The van der Waals surface area contributed by atoms with Gasteiger partial charge in [0.2, 0.25) is 29.5 Å². The molecule has 260 valence electrons. The van der Waals surface area contributed by atoms with Gasteiger partial charge in [0.15, 0.2) is 0 Å². The smallest absolute Gasteiger partial charge is 0.263 e. The zero-order chi connectivity index (χ0) is 35.1. The highest BCUT2D eigenvalue weighted by atomic mass is 32.2. The molecule has 2 fully saturated rings. The molecule has 3 heterocycles. The topological polar surface area (TPSA) is 179 Å². The SMILES string of the molecule is CSCC[C@@H]1NC(=O)C[C@@H](c2ccccc2)NC(=O)[C@H](C)NC(=O)[C@@H]2C[C@H](NC(=O)c3sc(C)nc3C)CN2C(=O)[C@H](C(C)C)NC1=O. The average Bonchev–Trinajstić information content (AvgIpc) is 3.62. The minimum absolute atomic E-state index is 0.0158. The Morgan fingerprint density at radius 1 is 1.02 bits per heavy atom. The first-order valence-electron chi connectivity index (χ1n) is 16.1. The number of benzene rings is 1. The summed E-state index contributed by atoms with van der Waals surface area (Å²) in [5.41, 5.74) is 1.27. The number of nitrogens with zero attached hydrogens (tertiary/aromatic N) is 2. The molecule has 2 aromatic rings. The molecule has 2 aliphatic rings. The van der Waals surface area contributed by atoms with Crippen molar-refractivity contribution < 1.29 is 28.8 Å². The van der Waals surface area contributed by atoms with Crippen LogP contribution in [0.3, 0.4) is 0 Å². The fourth-order valence-electron chi connectivity index (χ4n) is 5.92. The number of nitrogens with one attached hydrogen (secondary N) is 5. The van der Waals surface area contributed by atoms with Crippen LogP contribution in [0, 0.1) is 19.8 Å². The van der Waals surface area contributed by atoms with Crippen LogP contribution >= 0.6 is 23.1 Å². The third-order valence-electron chi connectivity index (χ3n) is 8.48. The average molecular weight is 700 g/mol. The summed E-state index contributed by atoms with van der Waals surface area (Å²) in [5, 5.41) is 15.0. The van der Waals surface area contributed by atoms with E-state index >= 15 is 0 Å². The monoisotopic (exact) mass is 699 g/mol. The first-order chi connectivity index (χ1) is 22.8. The fourth-order valence-corrected chi connectivity index (χ4v) is 7.22. The highest BCUT2D eigenvalue weighted by Crippen LogP contribution is 2.24. The molecule has 2 aliphatic heterocycles. The van der Waals surface area contributed by atoms with E-state index in [0.29, 0.717) is 28.3 Å². The largest absolute Gasteiger partial charge is 0.347 e. The molecule has 6 amide bonds. The molecular weight excluding hydrogens is 655 g/mol. The minimum Gasteiger partial charge on any atom is -0.347 e. The second-order valence-corrected chi connectivity index (χ2v) is 14.8. The predicted molar refractivity (Wildman–Crippen MR) is 184 cm³/mol. The number of carbonyl (C=O) groups excluding carboxylic acids is 6. The molecule has 0 bridgehead atoms. The molecule has 15 heteroatoms. The summed E-state index contributed by atoms with van der Waals surface area (Å²) < 4.78 is 0. The highest BCUT2D eigenvalue weighted by molar-refractivity contribution is 7.98. The Kier molecular flexibility index (Phi) is 12.6. The normalized spacial score (nSPS) is 26.0. The fraction of sp³-hybridized carbons (Fsp3) is 0.545. The number of aromatic nitrogens is 1. The Bertz CT molecular complexity index is 1520. The molecule has 6 atom stereocenters. The van der Waals surface area contributed by atoms with Crippen LogP contribution in [0.4, 0.5) is 0 Å². The number of hydrogen-bond acceptors (Lipinski definition) is 9. The lowest BCUT2D eigenvalue weighted by molar-refractivity contribution is -0.143. The molecule has 0 spiro atoms. The molecule has 4 rings (SSSR count). The van der Waals surface area contributed by atoms with Crippen molar-refractivity contribution in [2.24, 2.45) is 5.92 Å². The molecule has 1 aromatic carbocycles. The van der Waals surface area contributed by atoms with Crippen LogP contribution in [0.2, 0.25) is 0 Å². The van der Waals surface area contributed by atoms with Gasteiger partial charge in [-0.15, -0.1) is 11.3 Å². The van der Waals surface area contributed by atoms with Crippen LogP contribution in [-0.2, 0) is 24.0 Å². The zero-order valence-electron chi connectivity index (χ0n) is 28.1. The third kappa shape index (κ3) is 9.13. The van der Waals surface area contributed by atoms with Crippen LogP contribution in [0.25, 0.3) is 0 Å². The predicted octanol–water partition coefficient (Wildman–Crippen LogP) is 1.60. The van der Waals surface area contributed by atoms with E-state index in [9.17, 15) is 28.8 Å². The number of aryl methyl sites for hydroxylation is 2. The first kappa shape index (κ1) is 36.8. The van der Waals surface area contributed by atoms with Crippen LogP contribution in [0.5, 0.6) is 0 Å². The molecule has 1 aromatic heterocycles. The number of rotatable bonds is 7. The number of hydrogen-bond donors (Lipinski definition) is 5. The van der Waals surface area contributed by atoms with Gasteiger partial charge >= 0.3 is 0 Å². The summed E-state index contributed by atoms with van der Waals surface area (Å²) >= 11 is 2.78. The molecule has 2 saturated heterocycles. The molecule has 0 aliphatic carbocycles. The van der Waals surface area contributed by atoms with E-state index in [0.717, 1.165) is 5.01 Å². The summed E-state index contributed by atoms with van der Waals surface area (Å²) in [5.74, 6) is -2.71. The summed E-state index contributed by atoms with van der Waals surface area (Å²) in [6, 6.07) is 3.68. The van der Waals surface area contributed by atoms with Crippen molar-refractivity contribution in [2.45, 2.75) is 90.1 Å². The molecule has 13 nitrogen and oxygen atoms in total. The van der Waals surface area contributed by atoms with Gasteiger partial charge in [-0.3, -0.25) is 28.8 Å². The van der Waals surface area contributed by atoms with Gasteiger partial charge in [0.05, 0.1) is 23.2 Å². The molecule has 0 saturated carbocycles. The van der Waals surface area contributed by atoms with Crippen LogP contribution in [0.15, 0.2) is 30.3 Å². The quantitative estimate of drug-likeness (QED) is 0.289. The lowest BCUT2D eigenvalue weighted by Gasteiger charge is -2.32. The molecule has 48 heavy (non-hydrogen) atoms. The number of carbonyl (C=O) groups is 6. The molecular formula is C33H45N7O6S2. The van der Waals surface area contributed by atoms with E-state index in [-0.39, 0.29) is 31.2 Å². The van der Waals surface area contributed by atoms with Crippen LogP contribution < -0.4 is 26.6 Å². The first-order valence-corrected chi connectivity index (χ1v) is 18.3. The Labute approximate surface area is 289 Å². The van der Waals surface area contributed by atoms with Gasteiger partial charge in [-0.25, -0.2) is 4.98 Å². The van der Waals surface area contributed by atoms with E-state index in [1.54, 1.807) is 45.0 Å². The van der Waals surface area contributed by atoms with Gasteiger partial charge in [0.25, 0.3) is 5.91 Å². The second kappa shape index (κ2) is 16.4. The van der Waals surface area contributed by atoms with Crippen molar-refractivity contribution in [1.29, 1.82) is 0 Å². The standard InChI is InChI=1S/C33H45N7O6S2/c1-17(2)27-33(46)40-16-22(36-32(45)28-18(3)34-20(5)48-28)14-25(40)31(44)35-19(4)29(42)38-24(21-10-8-7-9-11-21)15-26(41)37-23(12-13-47-6)30(43)39-27/h7-11,17,19,22-25,27H,12-16H2,1-6H3,(H,35,44)(H,36,45)(H,37,41)(H,38,42)(H,39,43)/t19-,22-,23-,24-,25-,27-/m0/s1. The van der Waals surface area contributed by atoms with Gasteiger partial charge in [-0.05, 0) is 57.1 Å². The summed E-state index contributed by atoms with van der Waals surface area (Å²) in [4.78, 5) is 87.8. The second-order valence-electron chi connectivity index (χ2n) is 12.6. The van der Waals surface area contributed by atoms with E-state index in [1.165, 1.54) is 34.9 Å². The third-order valence-corrected chi connectivity index (χ3v) is 10.2.